The summed E-state index contributed by atoms with van der Waals surface area (Å²) in [4.78, 5) is 4.30. The van der Waals surface area contributed by atoms with E-state index in [4.69, 9.17) is 0 Å². The normalized spacial score (nSPS) is 9.95. The van der Waals surface area contributed by atoms with Crippen molar-refractivity contribution in [1.29, 1.82) is 0 Å². The lowest BCUT2D eigenvalue weighted by atomic mass is 10.4. The molecule has 2 heterocycles. The summed E-state index contributed by atoms with van der Waals surface area (Å²) in [5.41, 5.74) is 0. The number of halogens is 2. The zero-order valence-electron chi connectivity index (χ0n) is 11.7. The van der Waals surface area contributed by atoms with Crippen LogP contribution in [0.25, 0.3) is 0 Å². The van der Waals surface area contributed by atoms with Crippen molar-refractivity contribution in [3.63, 3.8) is 0 Å². The topological polar surface area (TPSA) is 60.6 Å². The highest BCUT2D eigenvalue weighted by molar-refractivity contribution is 7.99. The molecule has 0 unspecified atom stereocenters. The van der Waals surface area contributed by atoms with Crippen LogP contribution in [0.3, 0.4) is 0 Å². The number of nitrogens with zero attached hydrogens (tertiary/aromatic N) is 5. The third kappa shape index (κ3) is 4.66. The predicted molar refractivity (Wildman–Crippen MR) is 85.9 cm³/mol. The fraction of sp³-hybridized carbons (Fsp3) is 0.545. The number of thioether (sulfide) groups is 1. The van der Waals surface area contributed by atoms with Gasteiger partial charge in [0.25, 0.3) is 0 Å². The molecule has 20 heavy (non-hydrogen) atoms. The molecule has 0 saturated carbocycles. The smallest absolute Gasteiger partial charge is 0.190 e. The van der Waals surface area contributed by atoms with E-state index in [-0.39, 0.29) is 24.8 Å². The van der Waals surface area contributed by atoms with E-state index in [2.05, 4.69) is 20.5 Å². The highest BCUT2D eigenvalue weighted by Crippen LogP contribution is 2.16. The number of hydrogen-bond donors (Lipinski definition) is 1. The van der Waals surface area contributed by atoms with Gasteiger partial charge in [-0.2, -0.15) is 0 Å². The molecule has 2 rings (SSSR count). The second kappa shape index (κ2) is 9.23. The van der Waals surface area contributed by atoms with Crippen molar-refractivity contribution in [2.75, 3.05) is 12.8 Å². The molecule has 0 atom stereocenters. The average molecular weight is 339 g/mol. The largest absolute Gasteiger partial charge is 0.338 e. The maximum atomic E-state index is 4.30. The van der Waals surface area contributed by atoms with Gasteiger partial charge in [0, 0.05) is 38.7 Å². The summed E-state index contributed by atoms with van der Waals surface area (Å²) in [6.07, 6.45) is 4.73. The molecule has 0 bridgehead atoms. The Morgan fingerprint density at radius 3 is 2.55 bits per heavy atom. The number of aromatic nitrogens is 5. The van der Waals surface area contributed by atoms with Gasteiger partial charge in [0.15, 0.2) is 5.16 Å². The second-order valence-corrected chi connectivity index (χ2v) is 5.10. The fourth-order valence-electron chi connectivity index (χ4n) is 1.65. The van der Waals surface area contributed by atoms with Crippen molar-refractivity contribution in [2.45, 2.75) is 18.1 Å². The van der Waals surface area contributed by atoms with Gasteiger partial charge >= 0.3 is 0 Å². The molecule has 0 amide bonds. The lowest BCUT2D eigenvalue weighted by Crippen LogP contribution is -2.10. The van der Waals surface area contributed by atoms with Crippen molar-refractivity contribution in [2.24, 2.45) is 14.1 Å². The quantitative estimate of drug-likeness (QED) is 0.807. The summed E-state index contributed by atoms with van der Waals surface area (Å²) in [5.74, 6) is 3.01. The lowest BCUT2D eigenvalue weighted by molar-refractivity contribution is 0.682. The number of aryl methyl sites for hydroxylation is 2. The third-order valence-electron chi connectivity index (χ3n) is 2.74. The molecular formula is C11H20Cl2N6S. The van der Waals surface area contributed by atoms with E-state index >= 15 is 0 Å². The molecule has 0 spiro atoms. The zero-order chi connectivity index (χ0) is 13.0. The van der Waals surface area contributed by atoms with Crippen LogP contribution in [0.4, 0.5) is 0 Å². The Kier molecular flexibility index (Phi) is 8.88. The van der Waals surface area contributed by atoms with E-state index in [1.165, 1.54) is 0 Å². The Hall–Kier alpha value is -0.760. The van der Waals surface area contributed by atoms with Crippen molar-refractivity contribution in [1.82, 2.24) is 29.6 Å². The van der Waals surface area contributed by atoms with Gasteiger partial charge in [0.2, 0.25) is 0 Å². The van der Waals surface area contributed by atoms with Crippen molar-refractivity contribution in [3.05, 3.63) is 24.0 Å². The van der Waals surface area contributed by atoms with Crippen LogP contribution >= 0.6 is 36.6 Å². The van der Waals surface area contributed by atoms with E-state index in [1.54, 1.807) is 11.8 Å². The molecule has 0 aliphatic rings. The SMILES string of the molecule is CNCc1nnc(SCCc2nccn2C)n1C.Cl.Cl. The van der Waals surface area contributed by atoms with Gasteiger partial charge in [-0.1, -0.05) is 11.8 Å². The molecule has 0 aliphatic carbocycles. The molecule has 0 radical (unpaired) electrons. The van der Waals surface area contributed by atoms with Gasteiger partial charge in [-0.05, 0) is 7.05 Å². The van der Waals surface area contributed by atoms with Crippen LogP contribution in [-0.2, 0) is 27.1 Å². The Morgan fingerprint density at radius 2 is 1.95 bits per heavy atom. The highest BCUT2D eigenvalue weighted by Gasteiger charge is 2.08. The molecule has 9 heteroatoms. The Morgan fingerprint density at radius 1 is 1.20 bits per heavy atom. The van der Waals surface area contributed by atoms with Gasteiger partial charge in [-0.3, -0.25) is 0 Å². The first-order valence-electron chi connectivity index (χ1n) is 5.84. The van der Waals surface area contributed by atoms with Crippen LogP contribution in [0, 0.1) is 0 Å². The minimum atomic E-state index is 0. The monoisotopic (exact) mass is 338 g/mol. The first kappa shape index (κ1) is 19.2. The second-order valence-electron chi connectivity index (χ2n) is 4.04. The standard InChI is InChI=1S/C11H18N6S.2ClH/c1-12-8-10-14-15-11(17(10)3)18-7-4-9-13-5-6-16(9)2;;/h5-6,12H,4,7-8H2,1-3H3;2*1H. The molecule has 6 nitrogen and oxygen atoms in total. The van der Waals surface area contributed by atoms with Crippen molar-refractivity contribution in [3.8, 4) is 0 Å². The van der Waals surface area contributed by atoms with Gasteiger partial charge < -0.3 is 14.5 Å². The summed E-state index contributed by atoms with van der Waals surface area (Å²) in [6, 6.07) is 0. The molecule has 0 aliphatic heterocycles. The van der Waals surface area contributed by atoms with E-state index < -0.39 is 0 Å². The number of hydrogen-bond acceptors (Lipinski definition) is 5. The summed E-state index contributed by atoms with van der Waals surface area (Å²) in [5, 5.41) is 12.4. The minimum Gasteiger partial charge on any atom is -0.338 e. The number of imidazole rings is 1. The lowest BCUT2D eigenvalue weighted by Gasteiger charge is -2.03. The summed E-state index contributed by atoms with van der Waals surface area (Å²) < 4.78 is 4.07. The third-order valence-corrected chi connectivity index (χ3v) is 3.76. The highest BCUT2D eigenvalue weighted by atomic mass is 35.5. The summed E-state index contributed by atoms with van der Waals surface area (Å²) in [6.45, 7) is 0.740. The van der Waals surface area contributed by atoms with Crippen LogP contribution in [0.5, 0.6) is 0 Å². The zero-order valence-corrected chi connectivity index (χ0v) is 14.2. The number of nitrogens with one attached hydrogen (secondary N) is 1. The molecule has 0 fully saturated rings. The number of rotatable bonds is 6. The van der Waals surface area contributed by atoms with Crippen molar-refractivity contribution < 1.29 is 0 Å². The molecule has 0 aromatic carbocycles. The first-order valence-corrected chi connectivity index (χ1v) is 6.82. The van der Waals surface area contributed by atoms with Crippen LogP contribution in [-0.4, -0.2) is 37.1 Å². The van der Waals surface area contributed by atoms with Gasteiger partial charge in [-0.15, -0.1) is 35.0 Å². The molecule has 2 aromatic heterocycles. The molecule has 0 saturated heterocycles. The Bertz CT molecular complexity index is 513. The van der Waals surface area contributed by atoms with Crippen LogP contribution < -0.4 is 5.32 Å². The molecule has 114 valence electrons. The van der Waals surface area contributed by atoms with Gasteiger partial charge in [0.05, 0.1) is 6.54 Å². The van der Waals surface area contributed by atoms with E-state index in [9.17, 15) is 0 Å². The molecule has 2 aromatic rings. The van der Waals surface area contributed by atoms with Crippen LogP contribution in [0.1, 0.15) is 11.6 Å². The Balaban J connectivity index is 0.00000180. The maximum absolute atomic E-state index is 4.30. The predicted octanol–water partition coefficient (Wildman–Crippen LogP) is 1.45. The van der Waals surface area contributed by atoms with E-state index in [0.29, 0.717) is 0 Å². The average Bonchev–Trinajstić information content (AvgIpc) is 2.90. The molecular weight excluding hydrogens is 319 g/mol. The van der Waals surface area contributed by atoms with Gasteiger partial charge in [-0.25, -0.2) is 4.98 Å². The first-order chi connectivity index (χ1) is 8.72. The van der Waals surface area contributed by atoms with E-state index in [0.717, 1.165) is 35.5 Å². The summed E-state index contributed by atoms with van der Waals surface area (Å²) >= 11 is 1.71. The maximum Gasteiger partial charge on any atom is 0.190 e. The minimum absolute atomic E-state index is 0. The van der Waals surface area contributed by atoms with Crippen LogP contribution in [0.2, 0.25) is 0 Å². The van der Waals surface area contributed by atoms with Crippen molar-refractivity contribution >= 4 is 36.6 Å². The Labute approximate surface area is 135 Å². The fourth-order valence-corrected chi connectivity index (χ4v) is 2.52. The molecule has 1 N–H and O–H groups in total. The van der Waals surface area contributed by atoms with Crippen LogP contribution in [0.15, 0.2) is 17.6 Å². The van der Waals surface area contributed by atoms with E-state index in [1.807, 2.05) is 42.7 Å². The summed E-state index contributed by atoms with van der Waals surface area (Å²) in [7, 11) is 5.92. The van der Waals surface area contributed by atoms with Gasteiger partial charge in [0.1, 0.15) is 11.6 Å².